The van der Waals surface area contributed by atoms with Crippen LogP contribution in [0.25, 0.3) is 5.57 Å². The van der Waals surface area contributed by atoms with Gasteiger partial charge in [0.25, 0.3) is 0 Å². The molecule has 1 aromatic rings. The number of carboxylic acid groups (broad SMARTS) is 1. The lowest BCUT2D eigenvalue weighted by atomic mass is 9.61. The summed E-state index contributed by atoms with van der Waals surface area (Å²) in [5.41, 5.74) is 3.94. The Morgan fingerprint density at radius 2 is 1.68 bits per heavy atom. The summed E-state index contributed by atoms with van der Waals surface area (Å²) in [4.78, 5) is 12.1. The van der Waals surface area contributed by atoms with E-state index in [0.717, 1.165) is 27.8 Å². The second kappa shape index (κ2) is 5.46. The van der Waals surface area contributed by atoms with Crippen LogP contribution in [0, 0.1) is 29.6 Å². The Labute approximate surface area is 131 Å². The van der Waals surface area contributed by atoms with E-state index in [1.807, 2.05) is 58.9 Å². The summed E-state index contributed by atoms with van der Waals surface area (Å²) >= 11 is 0. The first-order valence-electron chi connectivity index (χ1n) is 7.38. The van der Waals surface area contributed by atoms with Gasteiger partial charge in [-0.1, -0.05) is 42.3 Å². The molecule has 0 fully saturated rings. The summed E-state index contributed by atoms with van der Waals surface area (Å²) < 4.78 is 0. The number of nitriles is 1. The molecular formula is C19H21NO2. The fraction of sp³-hybridized carbons (Fsp3) is 0.368. The van der Waals surface area contributed by atoms with Crippen LogP contribution >= 0.6 is 0 Å². The Hall–Kier alpha value is -2.34. The zero-order valence-electron chi connectivity index (χ0n) is 13.7. The molecule has 0 bridgehead atoms. The molecule has 0 saturated carbocycles. The third-order valence-electron chi connectivity index (χ3n) is 5.08. The lowest BCUT2D eigenvalue weighted by Crippen LogP contribution is -2.41. The van der Waals surface area contributed by atoms with Gasteiger partial charge in [-0.05, 0) is 50.0 Å². The molecule has 22 heavy (non-hydrogen) atoms. The third-order valence-corrected chi connectivity index (χ3v) is 5.08. The Kier molecular flexibility index (Phi) is 3.98. The quantitative estimate of drug-likeness (QED) is 0.882. The van der Waals surface area contributed by atoms with Gasteiger partial charge < -0.3 is 5.11 Å². The molecule has 1 aliphatic rings. The molecule has 2 atom stereocenters. The Bertz CT molecular complexity index is 732. The van der Waals surface area contributed by atoms with Crippen LogP contribution < -0.4 is 0 Å². The standard InChI is InChI=1S/C19H21NO2/c1-11-6-8-16(9-7-11)17-14(4)12(2)13(3)15(5)19(17,10-20)18(21)22/h6-9,15H,1-5H3,(H,21,22). The van der Waals surface area contributed by atoms with Crippen LogP contribution in [0.1, 0.15) is 38.8 Å². The molecule has 0 aromatic heterocycles. The molecule has 0 spiro atoms. The molecule has 1 N–H and O–H groups in total. The number of carbonyl (C=O) groups is 1. The molecule has 0 saturated heterocycles. The van der Waals surface area contributed by atoms with Gasteiger partial charge in [-0.3, -0.25) is 4.79 Å². The lowest BCUT2D eigenvalue weighted by molar-refractivity contribution is -0.144. The van der Waals surface area contributed by atoms with Gasteiger partial charge in [0.05, 0.1) is 6.07 Å². The van der Waals surface area contributed by atoms with Gasteiger partial charge in [-0.15, -0.1) is 0 Å². The number of benzene rings is 1. The van der Waals surface area contributed by atoms with Crippen molar-refractivity contribution in [3.63, 3.8) is 0 Å². The molecule has 0 amide bonds. The zero-order chi connectivity index (χ0) is 16.7. The zero-order valence-corrected chi connectivity index (χ0v) is 13.7. The summed E-state index contributed by atoms with van der Waals surface area (Å²) in [6.07, 6.45) is 0. The number of nitrogens with zero attached hydrogens (tertiary/aromatic N) is 1. The average Bonchev–Trinajstić information content (AvgIpc) is 2.49. The number of rotatable bonds is 2. The third kappa shape index (κ3) is 2.07. The van der Waals surface area contributed by atoms with Crippen molar-refractivity contribution in [3.05, 3.63) is 52.1 Å². The molecular weight excluding hydrogens is 274 g/mol. The molecule has 3 nitrogen and oxygen atoms in total. The van der Waals surface area contributed by atoms with Crippen LogP contribution in [0.3, 0.4) is 0 Å². The Morgan fingerprint density at radius 1 is 1.14 bits per heavy atom. The van der Waals surface area contributed by atoms with E-state index < -0.39 is 11.4 Å². The molecule has 1 aliphatic carbocycles. The smallest absolute Gasteiger partial charge is 0.329 e. The topological polar surface area (TPSA) is 61.1 Å². The number of allylic oxidation sites excluding steroid dienone is 3. The largest absolute Gasteiger partial charge is 0.480 e. The average molecular weight is 295 g/mol. The molecule has 114 valence electrons. The van der Waals surface area contributed by atoms with Gasteiger partial charge in [-0.25, -0.2) is 0 Å². The number of aliphatic carboxylic acids is 1. The number of carboxylic acids is 1. The van der Waals surface area contributed by atoms with E-state index in [2.05, 4.69) is 6.07 Å². The van der Waals surface area contributed by atoms with Crippen LogP contribution in [0.5, 0.6) is 0 Å². The second-order valence-electron chi connectivity index (χ2n) is 6.12. The van der Waals surface area contributed by atoms with Crippen molar-refractivity contribution < 1.29 is 9.90 Å². The predicted molar refractivity (Wildman–Crippen MR) is 87.0 cm³/mol. The Morgan fingerprint density at radius 3 is 2.14 bits per heavy atom. The van der Waals surface area contributed by atoms with Crippen molar-refractivity contribution in [2.75, 3.05) is 0 Å². The van der Waals surface area contributed by atoms with Crippen molar-refractivity contribution in [1.29, 1.82) is 5.26 Å². The van der Waals surface area contributed by atoms with Gasteiger partial charge in [0.2, 0.25) is 0 Å². The van der Waals surface area contributed by atoms with Crippen LogP contribution in [0.15, 0.2) is 41.0 Å². The lowest BCUT2D eigenvalue weighted by Gasteiger charge is -2.38. The minimum absolute atomic E-state index is 0.366. The van der Waals surface area contributed by atoms with E-state index in [-0.39, 0.29) is 5.92 Å². The highest BCUT2D eigenvalue weighted by Gasteiger charge is 2.52. The normalized spacial score (nSPS) is 25.2. The second-order valence-corrected chi connectivity index (χ2v) is 6.12. The van der Waals surface area contributed by atoms with Gasteiger partial charge in [-0.2, -0.15) is 5.26 Å². The maximum absolute atomic E-state index is 12.1. The Balaban J connectivity index is 2.86. The molecule has 0 heterocycles. The SMILES string of the molecule is CC1=C(C)C(C)C(C#N)(C(=O)O)C(c2ccc(C)cc2)=C1C. The first-order valence-corrected chi connectivity index (χ1v) is 7.38. The summed E-state index contributed by atoms with van der Waals surface area (Å²) in [5, 5.41) is 19.7. The van der Waals surface area contributed by atoms with Crippen molar-refractivity contribution in [1.82, 2.24) is 0 Å². The fourth-order valence-electron chi connectivity index (χ4n) is 3.30. The van der Waals surface area contributed by atoms with Crippen molar-refractivity contribution in [2.24, 2.45) is 11.3 Å². The van der Waals surface area contributed by atoms with E-state index in [1.165, 1.54) is 0 Å². The van der Waals surface area contributed by atoms with Crippen molar-refractivity contribution in [2.45, 2.75) is 34.6 Å². The van der Waals surface area contributed by atoms with Gasteiger partial charge >= 0.3 is 5.97 Å². The van der Waals surface area contributed by atoms with E-state index in [9.17, 15) is 15.2 Å². The molecule has 0 radical (unpaired) electrons. The van der Waals surface area contributed by atoms with Gasteiger partial charge in [0.1, 0.15) is 0 Å². The first-order chi connectivity index (χ1) is 10.3. The molecule has 2 rings (SSSR count). The number of hydrogen-bond donors (Lipinski definition) is 1. The van der Waals surface area contributed by atoms with E-state index in [1.54, 1.807) is 0 Å². The molecule has 2 unspecified atom stereocenters. The minimum atomic E-state index is -1.54. The van der Waals surface area contributed by atoms with Crippen LogP contribution in [0.4, 0.5) is 0 Å². The predicted octanol–water partition coefficient (Wildman–Crippen LogP) is 4.35. The minimum Gasteiger partial charge on any atom is -0.480 e. The van der Waals surface area contributed by atoms with Crippen LogP contribution in [-0.2, 0) is 4.79 Å². The summed E-state index contributed by atoms with van der Waals surface area (Å²) in [5.74, 6) is -1.45. The number of hydrogen-bond acceptors (Lipinski definition) is 2. The fourth-order valence-corrected chi connectivity index (χ4v) is 3.30. The number of aryl methyl sites for hydroxylation is 1. The van der Waals surface area contributed by atoms with E-state index in [0.29, 0.717) is 5.57 Å². The van der Waals surface area contributed by atoms with Gasteiger partial charge in [0.15, 0.2) is 5.41 Å². The van der Waals surface area contributed by atoms with Gasteiger partial charge in [0, 0.05) is 5.92 Å². The highest BCUT2D eigenvalue weighted by molar-refractivity contribution is 5.99. The van der Waals surface area contributed by atoms with Crippen LogP contribution in [0.2, 0.25) is 0 Å². The van der Waals surface area contributed by atoms with Crippen molar-refractivity contribution >= 4 is 11.5 Å². The van der Waals surface area contributed by atoms with E-state index >= 15 is 0 Å². The monoisotopic (exact) mass is 295 g/mol. The summed E-state index contributed by atoms with van der Waals surface area (Å²) in [7, 11) is 0. The maximum atomic E-state index is 12.1. The van der Waals surface area contributed by atoms with E-state index in [4.69, 9.17) is 0 Å². The first kappa shape index (κ1) is 16.0. The summed E-state index contributed by atoms with van der Waals surface area (Å²) in [6, 6.07) is 9.83. The van der Waals surface area contributed by atoms with Crippen LogP contribution in [-0.4, -0.2) is 11.1 Å². The highest BCUT2D eigenvalue weighted by atomic mass is 16.4. The van der Waals surface area contributed by atoms with Crippen molar-refractivity contribution in [3.8, 4) is 6.07 Å². The molecule has 3 heteroatoms. The maximum Gasteiger partial charge on any atom is 0.329 e. The molecule has 0 aliphatic heterocycles. The molecule has 1 aromatic carbocycles. The summed E-state index contributed by atoms with van der Waals surface area (Å²) in [6.45, 7) is 9.65. The highest BCUT2D eigenvalue weighted by Crippen LogP contribution is 2.51.